The second-order valence-electron chi connectivity index (χ2n) is 5.82. The molecule has 1 amide bonds. The summed E-state index contributed by atoms with van der Waals surface area (Å²) in [4.78, 5) is 22.7. The van der Waals surface area contributed by atoms with Crippen LogP contribution < -0.4 is 10.6 Å². The van der Waals surface area contributed by atoms with Gasteiger partial charge in [0.1, 0.15) is 5.69 Å². The van der Waals surface area contributed by atoms with Crippen LogP contribution in [0.2, 0.25) is 0 Å². The molecule has 2 heterocycles. The molecule has 1 aliphatic heterocycles. The number of aromatic nitrogens is 1. The van der Waals surface area contributed by atoms with E-state index in [1.165, 1.54) is 18.7 Å². The lowest BCUT2D eigenvalue weighted by atomic mass is 10.1. The summed E-state index contributed by atoms with van der Waals surface area (Å²) in [5.41, 5.74) is 0.396. The number of amides is 1. The largest absolute Gasteiger partial charge is 0.351 e. The van der Waals surface area contributed by atoms with E-state index in [1.807, 2.05) is 0 Å². The van der Waals surface area contributed by atoms with Crippen molar-refractivity contribution >= 4 is 11.6 Å². The van der Waals surface area contributed by atoms with Crippen LogP contribution in [0.15, 0.2) is 12.3 Å². The van der Waals surface area contributed by atoms with Crippen LogP contribution in [-0.2, 0) is 0 Å². The molecule has 0 unspecified atom stereocenters. The fourth-order valence-electron chi connectivity index (χ4n) is 2.85. The average Bonchev–Trinajstić information content (AvgIpc) is 3.00. The monoisotopic (exact) mass is 292 g/mol. The van der Waals surface area contributed by atoms with E-state index in [9.17, 15) is 14.9 Å². The minimum absolute atomic E-state index is 0.00971. The number of nitrogens with zero attached hydrogens (tertiary/aromatic N) is 2. The summed E-state index contributed by atoms with van der Waals surface area (Å²) in [5.74, 6) is -0.215. The van der Waals surface area contributed by atoms with Crippen molar-refractivity contribution in [2.45, 2.75) is 44.2 Å². The molecular weight excluding hydrogens is 272 g/mol. The zero-order chi connectivity index (χ0) is 14.8. The number of rotatable bonds is 6. The van der Waals surface area contributed by atoms with Gasteiger partial charge in [-0.3, -0.25) is 14.9 Å². The van der Waals surface area contributed by atoms with Crippen molar-refractivity contribution in [1.82, 2.24) is 15.2 Å². The standard InChI is InChI=1S/C14H20N4O3/c19-14(16-7-5-10-2-1-6-15-10)13-8-12(18(20)21)9-17(13)11-3-4-11/h8-11,15H,1-7H2,(H,16,19)/t10-/m0/s1. The van der Waals surface area contributed by atoms with Crippen LogP contribution in [0.3, 0.4) is 0 Å². The van der Waals surface area contributed by atoms with Crippen LogP contribution in [0.5, 0.6) is 0 Å². The molecule has 7 heteroatoms. The third-order valence-corrected chi connectivity index (χ3v) is 4.16. The first-order valence-corrected chi connectivity index (χ1v) is 7.53. The highest BCUT2D eigenvalue weighted by molar-refractivity contribution is 5.93. The van der Waals surface area contributed by atoms with Crippen LogP contribution in [0.4, 0.5) is 5.69 Å². The summed E-state index contributed by atoms with van der Waals surface area (Å²) in [5, 5.41) is 17.1. The lowest BCUT2D eigenvalue weighted by Gasteiger charge is -2.11. The van der Waals surface area contributed by atoms with E-state index < -0.39 is 4.92 Å². The number of carbonyl (C=O) groups is 1. The molecule has 0 radical (unpaired) electrons. The highest BCUT2D eigenvalue weighted by atomic mass is 16.6. The van der Waals surface area contributed by atoms with E-state index in [1.54, 1.807) is 4.57 Å². The molecule has 0 aromatic carbocycles. The van der Waals surface area contributed by atoms with E-state index in [4.69, 9.17) is 0 Å². The van der Waals surface area contributed by atoms with E-state index in [-0.39, 0.29) is 17.6 Å². The maximum Gasteiger partial charge on any atom is 0.287 e. The van der Waals surface area contributed by atoms with Crippen LogP contribution in [0.25, 0.3) is 0 Å². The Labute approximate surface area is 122 Å². The van der Waals surface area contributed by atoms with Crippen LogP contribution in [0.1, 0.15) is 48.6 Å². The Bertz CT molecular complexity index is 544. The van der Waals surface area contributed by atoms with Crippen molar-refractivity contribution in [2.75, 3.05) is 13.1 Å². The first kappa shape index (κ1) is 14.1. The van der Waals surface area contributed by atoms with Gasteiger partial charge in [-0.1, -0.05) is 0 Å². The molecule has 1 atom stereocenters. The number of hydrogen-bond donors (Lipinski definition) is 2. The van der Waals surface area contributed by atoms with Gasteiger partial charge in [-0.15, -0.1) is 0 Å². The van der Waals surface area contributed by atoms with Gasteiger partial charge in [0, 0.05) is 24.7 Å². The van der Waals surface area contributed by atoms with Gasteiger partial charge < -0.3 is 15.2 Å². The Kier molecular flexibility index (Phi) is 3.92. The molecule has 3 rings (SSSR count). The second-order valence-corrected chi connectivity index (χ2v) is 5.82. The predicted molar refractivity (Wildman–Crippen MR) is 77.3 cm³/mol. The summed E-state index contributed by atoms with van der Waals surface area (Å²) < 4.78 is 1.75. The lowest BCUT2D eigenvalue weighted by molar-refractivity contribution is -0.384. The molecule has 0 bridgehead atoms. The molecule has 1 aromatic rings. The van der Waals surface area contributed by atoms with E-state index >= 15 is 0 Å². The summed E-state index contributed by atoms with van der Waals surface area (Å²) in [6, 6.07) is 2.10. The molecule has 2 aliphatic rings. The molecule has 21 heavy (non-hydrogen) atoms. The number of nitro groups is 1. The Morgan fingerprint density at radius 3 is 2.90 bits per heavy atom. The fourth-order valence-corrected chi connectivity index (χ4v) is 2.85. The molecule has 0 spiro atoms. The highest BCUT2D eigenvalue weighted by Crippen LogP contribution is 2.37. The van der Waals surface area contributed by atoms with E-state index in [0.29, 0.717) is 18.3 Å². The zero-order valence-corrected chi connectivity index (χ0v) is 11.9. The van der Waals surface area contributed by atoms with Gasteiger partial charge in [-0.25, -0.2) is 0 Å². The number of carbonyl (C=O) groups excluding carboxylic acids is 1. The zero-order valence-electron chi connectivity index (χ0n) is 11.9. The van der Waals surface area contributed by atoms with Crippen molar-refractivity contribution in [3.63, 3.8) is 0 Å². The molecule has 1 aliphatic carbocycles. The van der Waals surface area contributed by atoms with Gasteiger partial charge in [0.15, 0.2) is 0 Å². The molecule has 2 fully saturated rings. The molecule has 7 nitrogen and oxygen atoms in total. The SMILES string of the molecule is O=C(NCC[C@@H]1CCCN1)c1cc([N+](=O)[O-])cn1C1CC1. The van der Waals surface area contributed by atoms with Gasteiger partial charge in [0.25, 0.3) is 11.6 Å². The van der Waals surface area contributed by atoms with Gasteiger partial charge in [0.05, 0.1) is 11.1 Å². The molecule has 114 valence electrons. The smallest absolute Gasteiger partial charge is 0.287 e. The number of nitrogens with one attached hydrogen (secondary N) is 2. The Hall–Kier alpha value is -1.89. The first-order chi connectivity index (χ1) is 10.1. The minimum atomic E-state index is -0.446. The normalized spacial score (nSPS) is 21.4. The van der Waals surface area contributed by atoms with Gasteiger partial charge in [-0.05, 0) is 38.6 Å². The van der Waals surface area contributed by atoms with Crippen LogP contribution in [-0.4, -0.2) is 34.5 Å². The number of hydrogen-bond acceptors (Lipinski definition) is 4. The molecule has 1 saturated carbocycles. The molecular formula is C14H20N4O3. The summed E-state index contributed by atoms with van der Waals surface area (Å²) in [6.07, 6.45) is 6.69. The van der Waals surface area contributed by atoms with Crippen LogP contribution in [0, 0.1) is 10.1 Å². The maximum atomic E-state index is 12.2. The van der Waals surface area contributed by atoms with Gasteiger partial charge in [-0.2, -0.15) is 0 Å². The molecule has 2 N–H and O–H groups in total. The topological polar surface area (TPSA) is 89.2 Å². The maximum absolute atomic E-state index is 12.2. The predicted octanol–water partition coefficient (Wildman–Crippen LogP) is 1.60. The molecule has 1 saturated heterocycles. The van der Waals surface area contributed by atoms with Gasteiger partial charge >= 0.3 is 0 Å². The first-order valence-electron chi connectivity index (χ1n) is 7.53. The van der Waals surface area contributed by atoms with Gasteiger partial charge in [0.2, 0.25) is 0 Å². The molecule has 1 aromatic heterocycles. The van der Waals surface area contributed by atoms with Crippen molar-refractivity contribution in [3.05, 3.63) is 28.1 Å². The Morgan fingerprint density at radius 1 is 1.48 bits per heavy atom. The average molecular weight is 292 g/mol. The summed E-state index contributed by atoms with van der Waals surface area (Å²) in [6.45, 7) is 1.65. The van der Waals surface area contributed by atoms with Crippen molar-refractivity contribution in [1.29, 1.82) is 0 Å². The van der Waals surface area contributed by atoms with Crippen molar-refractivity contribution in [3.8, 4) is 0 Å². The van der Waals surface area contributed by atoms with Crippen molar-refractivity contribution in [2.24, 2.45) is 0 Å². The van der Waals surface area contributed by atoms with E-state index in [2.05, 4.69) is 10.6 Å². The fraction of sp³-hybridized carbons (Fsp3) is 0.643. The Balaban J connectivity index is 1.61. The Morgan fingerprint density at radius 2 is 2.29 bits per heavy atom. The lowest BCUT2D eigenvalue weighted by Crippen LogP contribution is -2.31. The van der Waals surface area contributed by atoms with Crippen molar-refractivity contribution < 1.29 is 9.72 Å². The summed E-state index contributed by atoms with van der Waals surface area (Å²) >= 11 is 0. The third kappa shape index (κ3) is 3.24. The minimum Gasteiger partial charge on any atom is -0.351 e. The highest BCUT2D eigenvalue weighted by Gasteiger charge is 2.30. The van der Waals surface area contributed by atoms with E-state index in [0.717, 1.165) is 32.2 Å². The summed E-state index contributed by atoms with van der Waals surface area (Å²) in [7, 11) is 0. The third-order valence-electron chi connectivity index (χ3n) is 4.16. The van der Waals surface area contributed by atoms with Crippen LogP contribution >= 0.6 is 0 Å². The second kappa shape index (κ2) is 5.85. The quantitative estimate of drug-likeness (QED) is 0.615.